The maximum Gasteiger partial charge on any atom is 0.337 e. The monoisotopic (exact) mass is 391 g/mol. The van der Waals surface area contributed by atoms with Crippen molar-refractivity contribution >= 4 is 28.8 Å². The molecule has 1 heterocycles. The van der Waals surface area contributed by atoms with Crippen LogP contribution in [-0.4, -0.2) is 44.9 Å². The fourth-order valence-electron chi connectivity index (χ4n) is 4.03. The molecule has 0 aliphatic heterocycles. The van der Waals surface area contributed by atoms with Gasteiger partial charge in [0, 0.05) is 23.8 Å². The molecule has 0 radical (unpaired) electrons. The minimum Gasteiger partial charge on any atom is -0.396 e. The van der Waals surface area contributed by atoms with Crippen molar-refractivity contribution in [3.05, 3.63) is 34.2 Å². The van der Waals surface area contributed by atoms with Crippen molar-refractivity contribution in [2.75, 3.05) is 18.6 Å². The van der Waals surface area contributed by atoms with E-state index in [1.165, 1.54) is 4.57 Å². The molecular formula is C20H29N3O3S. The standard InChI is InChI=1S/C20H29N3O3S/c1-13-7-6-8-14-16(13)22(9-10-27-5)18(26)23(14)17(25)21-15-11-20(15,12-24)19(2,3)4/h6-8,15,24H,9-12H2,1-5H3,(H,21,25)/t15?,20-/m1/s1. The second-order valence-electron chi connectivity index (χ2n) is 8.48. The van der Waals surface area contributed by atoms with E-state index in [2.05, 4.69) is 26.1 Å². The van der Waals surface area contributed by atoms with E-state index in [-0.39, 0.29) is 29.2 Å². The molecule has 6 nitrogen and oxygen atoms in total. The van der Waals surface area contributed by atoms with Gasteiger partial charge in [0.05, 0.1) is 17.6 Å². The summed E-state index contributed by atoms with van der Waals surface area (Å²) in [5, 5.41) is 12.9. The average molecular weight is 392 g/mol. The highest BCUT2D eigenvalue weighted by Crippen LogP contribution is 2.57. The first-order chi connectivity index (χ1) is 12.7. The largest absolute Gasteiger partial charge is 0.396 e. The molecule has 1 aromatic carbocycles. The van der Waals surface area contributed by atoms with E-state index in [0.29, 0.717) is 12.1 Å². The number of para-hydroxylation sites is 1. The highest BCUT2D eigenvalue weighted by atomic mass is 32.2. The Morgan fingerprint density at radius 2 is 2.11 bits per heavy atom. The molecule has 7 heteroatoms. The van der Waals surface area contributed by atoms with Gasteiger partial charge in [-0.15, -0.1) is 0 Å². The van der Waals surface area contributed by atoms with E-state index in [9.17, 15) is 14.7 Å². The van der Waals surface area contributed by atoms with Gasteiger partial charge in [0.15, 0.2) is 0 Å². The summed E-state index contributed by atoms with van der Waals surface area (Å²) in [6.07, 6.45) is 2.72. The molecule has 2 N–H and O–H groups in total. The number of aromatic nitrogens is 2. The fraction of sp³-hybridized carbons (Fsp3) is 0.600. The number of thioether (sulfide) groups is 1. The molecule has 0 saturated heterocycles. The Morgan fingerprint density at radius 3 is 2.67 bits per heavy atom. The van der Waals surface area contributed by atoms with Crippen molar-refractivity contribution in [3.63, 3.8) is 0 Å². The predicted molar refractivity (Wildman–Crippen MR) is 111 cm³/mol. The number of aryl methyl sites for hydroxylation is 2. The number of nitrogens with one attached hydrogen (secondary N) is 1. The molecule has 2 aromatic rings. The number of hydrogen-bond donors (Lipinski definition) is 2. The molecule has 27 heavy (non-hydrogen) atoms. The topological polar surface area (TPSA) is 76.3 Å². The third kappa shape index (κ3) is 3.21. The highest BCUT2D eigenvalue weighted by Gasteiger charge is 2.61. The lowest BCUT2D eigenvalue weighted by molar-refractivity contribution is 0.101. The van der Waals surface area contributed by atoms with Crippen molar-refractivity contribution in [3.8, 4) is 0 Å². The molecule has 1 aromatic heterocycles. The van der Waals surface area contributed by atoms with Gasteiger partial charge in [0.25, 0.3) is 0 Å². The van der Waals surface area contributed by atoms with E-state index in [1.807, 2.05) is 31.4 Å². The maximum absolute atomic E-state index is 13.0. The number of aliphatic hydroxyl groups is 1. The molecule has 1 aliphatic rings. The van der Waals surface area contributed by atoms with E-state index in [0.717, 1.165) is 23.3 Å². The first kappa shape index (κ1) is 20.0. The van der Waals surface area contributed by atoms with E-state index < -0.39 is 6.03 Å². The van der Waals surface area contributed by atoms with Crippen LogP contribution in [0.15, 0.2) is 23.0 Å². The Hall–Kier alpha value is -1.73. The van der Waals surface area contributed by atoms with Gasteiger partial charge < -0.3 is 10.4 Å². The average Bonchev–Trinajstić information content (AvgIpc) is 3.23. The zero-order valence-corrected chi connectivity index (χ0v) is 17.5. The van der Waals surface area contributed by atoms with Crippen LogP contribution in [0.25, 0.3) is 11.0 Å². The van der Waals surface area contributed by atoms with Gasteiger partial charge in [-0.1, -0.05) is 32.9 Å². The normalized spacial score (nSPS) is 22.2. The summed E-state index contributed by atoms with van der Waals surface area (Å²) in [7, 11) is 0. The smallest absolute Gasteiger partial charge is 0.337 e. The van der Waals surface area contributed by atoms with Gasteiger partial charge in [-0.05, 0) is 36.6 Å². The number of hydrogen-bond acceptors (Lipinski definition) is 4. The Bertz CT molecular complexity index is 925. The highest BCUT2D eigenvalue weighted by molar-refractivity contribution is 7.98. The number of aliphatic hydroxyl groups excluding tert-OH is 1. The van der Waals surface area contributed by atoms with E-state index in [1.54, 1.807) is 16.3 Å². The second-order valence-corrected chi connectivity index (χ2v) is 9.46. The summed E-state index contributed by atoms with van der Waals surface area (Å²) in [6, 6.07) is 5.09. The third-order valence-corrected chi connectivity index (χ3v) is 6.61. The molecular weight excluding hydrogens is 362 g/mol. The van der Waals surface area contributed by atoms with Gasteiger partial charge in [-0.25, -0.2) is 14.2 Å². The lowest BCUT2D eigenvalue weighted by Crippen LogP contribution is -2.42. The van der Waals surface area contributed by atoms with Crippen molar-refractivity contribution in [1.82, 2.24) is 14.5 Å². The molecule has 1 amide bonds. The van der Waals surface area contributed by atoms with Crippen molar-refractivity contribution in [2.45, 2.75) is 46.7 Å². The van der Waals surface area contributed by atoms with Crippen molar-refractivity contribution < 1.29 is 9.90 Å². The second kappa shape index (κ2) is 7.02. The quantitative estimate of drug-likeness (QED) is 0.822. The number of benzene rings is 1. The Labute approximate surface area is 163 Å². The number of imidazole rings is 1. The third-order valence-electron chi connectivity index (χ3n) is 6.02. The van der Waals surface area contributed by atoms with E-state index >= 15 is 0 Å². The summed E-state index contributed by atoms with van der Waals surface area (Å²) >= 11 is 1.67. The van der Waals surface area contributed by atoms with Crippen LogP contribution in [-0.2, 0) is 6.54 Å². The molecule has 1 aliphatic carbocycles. The lowest BCUT2D eigenvalue weighted by atomic mass is 9.77. The van der Waals surface area contributed by atoms with Crippen LogP contribution in [0, 0.1) is 17.8 Å². The molecule has 3 rings (SSSR count). The number of nitrogens with zero attached hydrogens (tertiary/aromatic N) is 2. The molecule has 2 atom stereocenters. The van der Waals surface area contributed by atoms with Crippen LogP contribution >= 0.6 is 11.8 Å². The van der Waals surface area contributed by atoms with Crippen molar-refractivity contribution in [1.29, 1.82) is 0 Å². The number of carbonyl (C=O) groups excluding carboxylic acids is 1. The molecule has 1 saturated carbocycles. The number of fused-ring (bicyclic) bond motifs is 1. The number of rotatable bonds is 5. The van der Waals surface area contributed by atoms with Crippen LogP contribution in [0.4, 0.5) is 4.79 Å². The molecule has 1 unspecified atom stereocenters. The van der Waals surface area contributed by atoms with Gasteiger partial charge >= 0.3 is 11.7 Å². The summed E-state index contributed by atoms with van der Waals surface area (Å²) in [5.41, 5.74) is 1.64. The molecule has 0 bridgehead atoms. The van der Waals surface area contributed by atoms with Gasteiger partial charge in [0.2, 0.25) is 0 Å². The summed E-state index contributed by atoms with van der Waals surface area (Å²) in [4.78, 5) is 26.0. The van der Waals surface area contributed by atoms with Crippen molar-refractivity contribution in [2.24, 2.45) is 10.8 Å². The Kier molecular flexibility index (Phi) is 5.20. The van der Waals surface area contributed by atoms with E-state index in [4.69, 9.17) is 0 Å². The first-order valence-corrected chi connectivity index (χ1v) is 10.7. The van der Waals surface area contributed by atoms with Gasteiger partial charge in [0.1, 0.15) is 0 Å². The molecule has 0 spiro atoms. The van der Waals surface area contributed by atoms with Crippen LogP contribution in [0.2, 0.25) is 0 Å². The number of carbonyl (C=O) groups is 1. The van der Waals surface area contributed by atoms with Crippen LogP contribution in [0.3, 0.4) is 0 Å². The Balaban J connectivity index is 1.98. The van der Waals surface area contributed by atoms with Crippen LogP contribution < -0.4 is 11.0 Å². The zero-order chi connectivity index (χ0) is 20.0. The fourth-order valence-corrected chi connectivity index (χ4v) is 4.39. The zero-order valence-electron chi connectivity index (χ0n) is 16.7. The molecule has 1 fully saturated rings. The SMILES string of the molecule is CSCCn1c(=O)n(C(=O)NC2C[C@]2(CO)C(C)(C)C)c2cccc(C)c21. The summed E-state index contributed by atoms with van der Waals surface area (Å²) < 4.78 is 2.93. The maximum atomic E-state index is 13.0. The lowest BCUT2D eigenvalue weighted by Gasteiger charge is -2.30. The summed E-state index contributed by atoms with van der Waals surface area (Å²) in [6.45, 7) is 8.74. The van der Waals surface area contributed by atoms with Crippen LogP contribution in [0.5, 0.6) is 0 Å². The number of amides is 1. The van der Waals surface area contributed by atoms with Crippen LogP contribution in [0.1, 0.15) is 32.8 Å². The minimum atomic E-state index is -0.414. The molecule has 148 valence electrons. The van der Waals surface area contributed by atoms with Gasteiger partial charge in [-0.3, -0.25) is 4.57 Å². The van der Waals surface area contributed by atoms with Gasteiger partial charge in [-0.2, -0.15) is 11.8 Å². The predicted octanol–water partition coefficient (Wildman–Crippen LogP) is 2.83. The summed E-state index contributed by atoms with van der Waals surface area (Å²) in [5.74, 6) is 0.801. The minimum absolute atomic E-state index is 0.0188. The Morgan fingerprint density at radius 1 is 1.41 bits per heavy atom. The first-order valence-electron chi connectivity index (χ1n) is 9.29.